The molecule has 2 fully saturated rings. The third-order valence-electron chi connectivity index (χ3n) is 5.18. The molecule has 1 unspecified atom stereocenters. The van der Waals surface area contributed by atoms with E-state index in [4.69, 9.17) is 0 Å². The number of halogens is 1. The van der Waals surface area contributed by atoms with Crippen LogP contribution in [-0.4, -0.2) is 44.9 Å². The van der Waals surface area contributed by atoms with Crippen molar-refractivity contribution in [2.24, 2.45) is 10.9 Å². The Morgan fingerprint density at radius 3 is 2.61 bits per heavy atom. The van der Waals surface area contributed by atoms with Gasteiger partial charge in [-0.15, -0.1) is 24.0 Å². The molecule has 1 heterocycles. The first kappa shape index (κ1) is 22.9. The van der Waals surface area contributed by atoms with Gasteiger partial charge in [0, 0.05) is 31.2 Å². The minimum atomic E-state index is -2.93. The topological polar surface area (TPSA) is 99.7 Å². The maximum absolute atomic E-state index is 12.3. The number of hydrogen-bond donors (Lipinski definition) is 3. The van der Waals surface area contributed by atoms with Gasteiger partial charge >= 0.3 is 0 Å². The molecule has 0 radical (unpaired) electrons. The van der Waals surface area contributed by atoms with Gasteiger partial charge in [-0.25, -0.2) is 8.42 Å². The SMILES string of the molecule is CN=C(NCc1cccc(NC(=O)C2CCCC2)c1)NC1CCS(=O)(=O)C1.I. The summed E-state index contributed by atoms with van der Waals surface area (Å²) in [6, 6.07) is 7.64. The van der Waals surface area contributed by atoms with Crippen molar-refractivity contribution in [3.05, 3.63) is 29.8 Å². The number of nitrogens with one attached hydrogen (secondary N) is 3. The quantitative estimate of drug-likeness (QED) is 0.315. The molecule has 0 bridgehead atoms. The molecule has 1 aliphatic heterocycles. The van der Waals surface area contributed by atoms with Crippen molar-refractivity contribution in [2.45, 2.75) is 44.7 Å². The van der Waals surface area contributed by atoms with Crippen LogP contribution in [0.5, 0.6) is 0 Å². The lowest BCUT2D eigenvalue weighted by Crippen LogP contribution is -2.43. The minimum absolute atomic E-state index is 0. The van der Waals surface area contributed by atoms with Gasteiger partial charge in [-0.1, -0.05) is 25.0 Å². The highest BCUT2D eigenvalue weighted by atomic mass is 127. The first-order valence-corrected chi connectivity index (χ1v) is 11.3. The lowest BCUT2D eigenvalue weighted by molar-refractivity contribution is -0.119. The van der Waals surface area contributed by atoms with Crippen LogP contribution in [0.4, 0.5) is 5.69 Å². The molecule has 1 saturated heterocycles. The monoisotopic (exact) mass is 520 g/mol. The maximum atomic E-state index is 12.3. The van der Waals surface area contributed by atoms with E-state index in [0.717, 1.165) is 36.9 Å². The lowest BCUT2D eigenvalue weighted by atomic mass is 10.1. The number of guanidine groups is 1. The van der Waals surface area contributed by atoms with Crippen LogP contribution in [0.15, 0.2) is 29.3 Å². The molecule has 1 aliphatic carbocycles. The summed E-state index contributed by atoms with van der Waals surface area (Å²) >= 11 is 0. The summed E-state index contributed by atoms with van der Waals surface area (Å²) in [6.07, 6.45) is 4.83. The fraction of sp³-hybridized carbons (Fsp3) is 0.579. The first-order chi connectivity index (χ1) is 12.9. The van der Waals surface area contributed by atoms with Crippen molar-refractivity contribution in [1.29, 1.82) is 0 Å². The minimum Gasteiger partial charge on any atom is -0.353 e. The highest BCUT2D eigenvalue weighted by molar-refractivity contribution is 14.0. The summed E-state index contributed by atoms with van der Waals surface area (Å²) in [7, 11) is -1.26. The van der Waals surface area contributed by atoms with Gasteiger partial charge in [0.1, 0.15) is 0 Å². The van der Waals surface area contributed by atoms with Gasteiger partial charge in [-0.05, 0) is 37.0 Å². The zero-order chi connectivity index (χ0) is 19.3. The number of carbonyl (C=O) groups excluding carboxylic acids is 1. The highest BCUT2D eigenvalue weighted by Gasteiger charge is 2.28. The largest absolute Gasteiger partial charge is 0.353 e. The Labute approximate surface area is 184 Å². The van der Waals surface area contributed by atoms with Crippen LogP contribution in [0.25, 0.3) is 0 Å². The number of amides is 1. The summed E-state index contributed by atoms with van der Waals surface area (Å²) in [5.41, 5.74) is 1.82. The van der Waals surface area contributed by atoms with Crippen molar-refractivity contribution < 1.29 is 13.2 Å². The normalized spacial score (nSPS) is 21.8. The molecule has 2 aliphatic rings. The summed E-state index contributed by atoms with van der Waals surface area (Å²) < 4.78 is 23.2. The zero-order valence-corrected chi connectivity index (χ0v) is 19.3. The second kappa shape index (κ2) is 10.4. The molecule has 0 spiro atoms. The Kier molecular flexibility index (Phi) is 8.54. The van der Waals surface area contributed by atoms with Crippen LogP contribution in [0, 0.1) is 5.92 Å². The van der Waals surface area contributed by atoms with Crippen molar-refractivity contribution in [3.63, 3.8) is 0 Å². The molecule has 9 heteroatoms. The van der Waals surface area contributed by atoms with Gasteiger partial charge in [0.05, 0.1) is 11.5 Å². The standard InChI is InChI=1S/C19H28N4O3S.HI/c1-20-19(23-17-9-10-27(25,26)13-17)21-12-14-5-4-8-16(11-14)22-18(24)15-6-2-3-7-15;/h4-5,8,11,15,17H,2-3,6-7,9-10,12-13H2,1H3,(H,22,24)(H2,20,21,23);1H. The number of benzene rings is 1. The van der Waals surface area contributed by atoms with E-state index in [1.54, 1.807) is 7.05 Å². The van der Waals surface area contributed by atoms with E-state index in [1.807, 2.05) is 24.3 Å². The molecule has 3 rings (SSSR count). The van der Waals surface area contributed by atoms with Crippen LogP contribution in [0.3, 0.4) is 0 Å². The number of nitrogens with zero attached hydrogens (tertiary/aromatic N) is 1. The van der Waals surface area contributed by atoms with Gasteiger partial charge in [-0.3, -0.25) is 9.79 Å². The average molecular weight is 520 g/mol. The van der Waals surface area contributed by atoms with E-state index in [2.05, 4.69) is 20.9 Å². The summed E-state index contributed by atoms with van der Waals surface area (Å²) in [5.74, 6) is 1.20. The Morgan fingerprint density at radius 2 is 1.96 bits per heavy atom. The molecule has 1 saturated carbocycles. The Morgan fingerprint density at radius 1 is 1.21 bits per heavy atom. The number of aliphatic imine (C=N–C) groups is 1. The predicted octanol–water partition coefficient (Wildman–Crippen LogP) is 2.29. The number of sulfone groups is 1. The van der Waals surface area contributed by atoms with Crippen LogP contribution in [-0.2, 0) is 21.2 Å². The fourth-order valence-electron chi connectivity index (χ4n) is 3.67. The summed E-state index contributed by atoms with van der Waals surface area (Å²) in [5, 5.41) is 9.39. The van der Waals surface area contributed by atoms with Crippen molar-refractivity contribution >= 4 is 51.4 Å². The lowest BCUT2D eigenvalue weighted by Gasteiger charge is -2.16. The third-order valence-corrected chi connectivity index (χ3v) is 6.95. The molecule has 3 N–H and O–H groups in total. The second-order valence-corrected chi connectivity index (χ2v) is 9.57. The van der Waals surface area contributed by atoms with Gasteiger partial charge < -0.3 is 16.0 Å². The van der Waals surface area contributed by atoms with Gasteiger partial charge in [0.15, 0.2) is 15.8 Å². The zero-order valence-electron chi connectivity index (χ0n) is 16.1. The van der Waals surface area contributed by atoms with Crippen LogP contribution in [0.2, 0.25) is 0 Å². The molecule has 1 amide bonds. The van der Waals surface area contributed by atoms with E-state index in [9.17, 15) is 13.2 Å². The molecule has 0 aromatic heterocycles. The molecule has 1 aromatic rings. The van der Waals surface area contributed by atoms with E-state index in [1.165, 1.54) is 0 Å². The smallest absolute Gasteiger partial charge is 0.227 e. The van der Waals surface area contributed by atoms with Crippen LogP contribution in [0.1, 0.15) is 37.7 Å². The molecule has 28 heavy (non-hydrogen) atoms. The van der Waals surface area contributed by atoms with Gasteiger partial charge in [-0.2, -0.15) is 0 Å². The van der Waals surface area contributed by atoms with E-state index in [0.29, 0.717) is 18.9 Å². The Bertz CT molecular complexity index is 807. The molecule has 1 atom stereocenters. The Hall–Kier alpha value is -1.36. The number of rotatable bonds is 5. The second-order valence-electron chi connectivity index (χ2n) is 7.34. The number of carbonyl (C=O) groups is 1. The van der Waals surface area contributed by atoms with Crippen LogP contribution >= 0.6 is 24.0 Å². The van der Waals surface area contributed by atoms with Gasteiger partial charge in [0.25, 0.3) is 0 Å². The Balaban J connectivity index is 0.00000280. The highest BCUT2D eigenvalue weighted by Crippen LogP contribution is 2.26. The molecular formula is C19H29IN4O3S. The average Bonchev–Trinajstić information content (AvgIpc) is 3.28. The first-order valence-electron chi connectivity index (χ1n) is 9.52. The third kappa shape index (κ3) is 6.61. The molecule has 1 aromatic carbocycles. The van der Waals surface area contributed by atoms with E-state index >= 15 is 0 Å². The summed E-state index contributed by atoms with van der Waals surface area (Å²) in [6.45, 7) is 0.534. The summed E-state index contributed by atoms with van der Waals surface area (Å²) in [4.78, 5) is 16.4. The number of anilines is 1. The molecular weight excluding hydrogens is 491 g/mol. The van der Waals surface area contributed by atoms with E-state index in [-0.39, 0.29) is 53.3 Å². The molecule has 7 nitrogen and oxygen atoms in total. The van der Waals surface area contributed by atoms with Crippen LogP contribution < -0.4 is 16.0 Å². The van der Waals surface area contributed by atoms with E-state index < -0.39 is 9.84 Å². The number of hydrogen-bond acceptors (Lipinski definition) is 4. The van der Waals surface area contributed by atoms with Crippen molar-refractivity contribution in [1.82, 2.24) is 10.6 Å². The maximum Gasteiger partial charge on any atom is 0.227 e. The van der Waals surface area contributed by atoms with Crippen molar-refractivity contribution in [3.8, 4) is 0 Å². The fourth-order valence-corrected chi connectivity index (χ4v) is 5.35. The van der Waals surface area contributed by atoms with Crippen molar-refractivity contribution in [2.75, 3.05) is 23.9 Å². The predicted molar refractivity (Wildman–Crippen MR) is 123 cm³/mol. The van der Waals surface area contributed by atoms with Gasteiger partial charge in [0.2, 0.25) is 5.91 Å². The molecule has 156 valence electrons.